The predicted molar refractivity (Wildman–Crippen MR) is 74.4 cm³/mol. The van der Waals surface area contributed by atoms with E-state index in [1.807, 2.05) is 49.4 Å². The molecule has 0 aliphatic rings. The maximum Gasteiger partial charge on any atom is 0.0576 e. The van der Waals surface area contributed by atoms with E-state index >= 15 is 0 Å². The first kappa shape index (κ1) is 11.8. The topological polar surface area (TPSA) is 38.0 Å². The molecule has 88 valence electrons. The smallest absolute Gasteiger partial charge is 0.0576 e. The lowest BCUT2D eigenvalue weighted by Gasteiger charge is -2.10. The fraction of sp³-hybridized carbons (Fsp3) is 0.143. The van der Waals surface area contributed by atoms with Gasteiger partial charge in [0.1, 0.15) is 0 Å². The average molecular weight is 247 g/mol. The summed E-state index contributed by atoms with van der Waals surface area (Å²) in [6.07, 6.45) is 0. The molecular formula is C14H15ClN2. The minimum absolute atomic E-state index is 0.674. The Kier molecular flexibility index (Phi) is 3.55. The molecule has 2 aromatic carbocycles. The van der Waals surface area contributed by atoms with E-state index in [0.717, 1.165) is 27.5 Å². The lowest BCUT2D eigenvalue weighted by Crippen LogP contribution is -2.03. The number of benzene rings is 2. The Morgan fingerprint density at radius 2 is 1.94 bits per heavy atom. The quantitative estimate of drug-likeness (QED) is 0.808. The van der Waals surface area contributed by atoms with Gasteiger partial charge in [-0.05, 0) is 36.2 Å². The molecule has 3 N–H and O–H groups in total. The van der Waals surface area contributed by atoms with Crippen molar-refractivity contribution in [2.45, 2.75) is 13.5 Å². The first-order valence-corrected chi connectivity index (χ1v) is 5.88. The molecule has 0 aliphatic heterocycles. The molecule has 0 saturated heterocycles. The first-order valence-electron chi connectivity index (χ1n) is 5.50. The zero-order valence-corrected chi connectivity index (χ0v) is 10.5. The first-order chi connectivity index (χ1) is 8.16. The van der Waals surface area contributed by atoms with Crippen molar-refractivity contribution in [1.82, 2.24) is 0 Å². The van der Waals surface area contributed by atoms with Crippen molar-refractivity contribution in [3.63, 3.8) is 0 Å². The number of hydrogen-bond donors (Lipinski definition) is 2. The summed E-state index contributed by atoms with van der Waals surface area (Å²) in [5.74, 6) is 0. The Morgan fingerprint density at radius 1 is 1.18 bits per heavy atom. The second kappa shape index (κ2) is 5.11. The van der Waals surface area contributed by atoms with Crippen LogP contribution < -0.4 is 11.1 Å². The largest absolute Gasteiger partial charge is 0.397 e. The highest BCUT2D eigenvalue weighted by atomic mass is 35.5. The summed E-state index contributed by atoms with van der Waals surface area (Å²) < 4.78 is 0. The third kappa shape index (κ3) is 2.92. The summed E-state index contributed by atoms with van der Waals surface area (Å²) in [7, 11) is 0. The van der Waals surface area contributed by atoms with Gasteiger partial charge < -0.3 is 11.1 Å². The average Bonchev–Trinajstić information content (AvgIpc) is 2.30. The van der Waals surface area contributed by atoms with Crippen molar-refractivity contribution in [2.75, 3.05) is 11.1 Å². The fourth-order valence-corrected chi connectivity index (χ4v) is 1.88. The molecule has 0 heterocycles. The van der Waals surface area contributed by atoms with E-state index < -0.39 is 0 Å². The molecule has 0 unspecified atom stereocenters. The van der Waals surface area contributed by atoms with E-state index in [0.29, 0.717) is 6.54 Å². The molecule has 0 spiro atoms. The van der Waals surface area contributed by atoms with Crippen molar-refractivity contribution >= 4 is 23.0 Å². The van der Waals surface area contributed by atoms with Gasteiger partial charge in [0.15, 0.2) is 0 Å². The van der Waals surface area contributed by atoms with Crippen LogP contribution in [0.25, 0.3) is 0 Å². The van der Waals surface area contributed by atoms with Gasteiger partial charge in [-0.15, -0.1) is 0 Å². The number of aryl methyl sites for hydroxylation is 1. The van der Waals surface area contributed by atoms with Crippen LogP contribution in [0.5, 0.6) is 0 Å². The van der Waals surface area contributed by atoms with E-state index in [2.05, 4.69) is 5.32 Å². The molecule has 2 aromatic rings. The van der Waals surface area contributed by atoms with Crippen molar-refractivity contribution in [3.8, 4) is 0 Å². The molecule has 0 fully saturated rings. The lowest BCUT2D eigenvalue weighted by molar-refractivity contribution is 1.15. The number of hydrogen-bond acceptors (Lipinski definition) is 2. The highest BCUT2D eigenvalue weighted by Gasteiger charge is 2.01. The van der Waals surface area contributed by atoms with Crippen LogP contribution >= 0.6 is 11.6 Å². The van der Waals surface area contributed by atoms with E-state index in [1.54, 1.807) is 0 Å². The molecule has 2 nitrogen and oxygen atoms in total. The minimum Gasteiger partial charge on any atom is -0.397 e. The number of nitrogens with one attached hydrogen (secondary N) is 1. The molecule has 0 atom stereocenters. The van der Waals surface area contributed by atoms with Crippen LogP contribution in [0.2, 0.25) is 5.02 Å². The number of anilines is 2. The van der Waals surface area contributed by atoms with Gasteiger partial charge in [-0.3, -0.25) is 0 Å². The summed E-state index contributed by atoms with van der Waals surface area (Å²) in [5, 5.41) is 4.06. The Morgan fingerprint density at radius 3 is 2.65 bits per heavy atom. The van der Waals surface area contributed by atoms with E-state index in [1.165, 1.54) is 0 Å². The summed E-state index contributed by atoms with van der Waals surface area (Å²) >= 11 is 6.08. The summed E-state index contributed by atoms with van der Waals surface area (Å²) in [6, 6.07) is 13.8. The zero-order chi connectivity index (χ0) is 12.3. The van der Waals surface area contributed by atoms with Gasteiger partial charge in [0.25, 0.3) is 0 Å². The molecule has 3 heteroatoms. The second-order valence-electron chi connectivity index (χ2n) is 4.04. The van der Waals surface area contributed by atoms with Gasteiger partial charge in [-0.25, -0.2) is 0 Å². The molecule has 0 bridgehead atoms. The predicted octanol–water partition coefficient (Wildman–Crippen LogP) is 3.84. The van der Waals surface area contributed by atoms with Gasteiger partial charge in [-0.2, -0.15) is 0 Å². The molecule has 0 aliphatic carbocycles. The minimum atomic E-state index is 0.674. The van der Waals surface area contributed by atoms with E-state index in [-0.39, 0.29) is 0 Å². The monoisotopic (exact) mass is 246 g/mol. The summed E-state index contributed by atoms with van der Waals surface area (Å²) in [4.78, 5) is 0. The fourth-order valence-electron chi connectivity index (χ4n) is 1.68. The molecule has 17 heavy (non-hydrogen) atoms. The molecule has 0 amide bonds. The van der Waals surface area contributed by atoms with E-state index in [9.17, 15) is 0 Å². The molecule has 0 saturated carbocycles. The van der Waals surface area contributed by atoms with Crippen LogP contribution in [0.1, 0.15) is 11.1 Å². The van der Waals surface area contributed by atoms with Crippen molar-refractivity contribution < 1.29 is 0 Å². The van der Waals surface area contributed by atoms with Crippen LogP contribution in [-0.4, -0.2) is 0 Å². The zero-order valence-electron chi connectivity index (χ0n) is 9.70. The third-order valence-corrected chi connectivity index (χ3v) is 3.00. The van der Waals surface area contributed by atoms with Gasteiger partial charge in [0, 0.05) is 11.6 Å². The maximum atomic E-state index is 6.08. The Labute approximate surface area is 106 Å². The Bertz CT molecular complexity index is 523. The van der Waals surface area contributed by atoms with Crippen LogP contribution in [0.15, 0.2) is 42.5 Å². The molecular weight excluding hydrogens is 232 g/mol. The van der Waals surface area contributed by atoms with E-state index in [4.69, 9.17) is 17.3 Å². The number of rotatable bonds is 3. The second-order valence-corrected chi connectivity index (χ2v) is 4.44. The summed E-state index contributed by atoms with van der Waals surface area (Å²) in [6.45, 7) is 2.70. The van der Waals surface area contributed by atoms with Crippen molar-refractivity contribution in [2.24, 2.45) is 0 Å². The molecule has 2 rings (SSSR count). The Balaban J connectivity index is 2.10. The van der Waals surface area contributed by atoms with Crippen LogP contribution in [-0.2, 0) is 6.54 Å². The van der Waals surface area contributed by atoms with Crippen LogP contribution in [0, 0.1) is 6.92 Å². The van der Waals surface area contributed by atoms with Crippen molar-refractivity contribution in [1.29, 1.82) is 0 Å². The summed E-state index contributed by atoms with van der Waals surface area (Å²) in [5.41, 5.74) is 9.85. The van der Waals surface area contributed by atoms with Gasteiger partial charge in [0.05, 0.1) is 11.4 Å². The third-order valence-electron chi connectivity index (χ3n) is 2.63. The Hall–Kier alpha value is -1.67. The number of nitrogen functional groups attached to an aromatic ring is 1. The number of nitrogens with two attached hydrogens (primary N) is 1. The number of halogens is 1. The highest BCUT2D eigenvalue weighted by molar-refractivity contribution is 6.31. The van der Waals surface area contributed by atoms with Gasteiger partial charge in [0.2, 0.25) is 0 Å². The SMILES string of the molecule is Cc1ccc(NCc2ccccc2Cl)c(N)c1. The normalized spacial score (nSPS) is 10.2. The van der Waals surface area contributed by atoms with Gasteiger partial charge in [-0.1, -0.05) is 35.9 Å². The van der Waals surface area contributed by atoms with Crippen LogP contribution in [0.3, 0.4) is 0 Å². The molecule has 0 aromatic heterocycles. The lowest BCUT2D eigenvalue weighted by atomic mass is 10.2. The maximum absolute atomic E-state index is 6.08. The standard InChI is InChI=1S/C14H15ClN2/c1-10-6-7-14(13(16)8-10)17-9-11-4-2-3-5-12(11)15/h2-8,17H,9,16H2,1H3. The van der Waals surface area contributed by atoms with Gasteiger partial charge >= 0.3 is 0 Å². The van der Waals surface area contributed by atoms with Crippen LogP contribution in [0.4, 0.5) is 11.4 Å². The highest BCUT2D eigenvalue weighted by Crippen LogP contribution is 2.22. The van der Waals surface area contributed by atoms with Crippen molar-refractivity contribution in [3.05, 3.63) is 58.6 Å². The molecule has 0 radical (unpaired) electrons.